The van der Waals surface area contributed by atoms with E-state index in [9.17, 15) is 14.4 Å². The van der Waals surface area contributed by atoms with Gasteiger partial charge in [-0.2, -0.15) is 0 Å². The van der Waals surface area contributed by atoms with Gasteiger partial charge in [-0.3, -0.25) is 0 Å². The zero-order valence-electron chi connectivity index (χ0n) is 16.5. The van der Waals surface area contributed by atoms with E-state index in [4.69, 9.17) is 30.6 Å². The summed E-state index contributed by atoms with van der Waals surface area (Å²) in [5.41, 5.74) is 0. The fourth-order valence-electron chi connectivity index (χ4n) is 0.870. The molecule has 0 aromatic rings. The van der Waals surface area contributed by atoms with Crippen molar-refractivity contribution in [1.82, 2.24) is 0 Å². The number of esters is 3. The van der Waals surface area contributed by atoms with Crippen LogP contribution in [0.3, 0.4) is 0 Å². The lowest BCUT2D eigenvalue weighted by Crippen LogP contribution is -2.21. The summed E-state index contributed by atoms with van der Waals surface area (Å²) >= 11 is 0. The molecule has 3 atom stereocenters. The molecule has 0 spiro atoms. The van der Waals surface area contributed by atoms with Crippen molar-refractivity contribution in [3.05, 3.63) is 38.0 Å². The van der Waals surface area contributed by atoms with Gasteiger partial charge in [-0.15, -0.1) is 0 Å². The van der Waals surface area contributed by atoms with E-state index in [0.717, 1.165) is 18.2 Å². The molecule has 30 heavy (non-hydrogen) atoms. The standard InChI is InChI=1S/3C6H10O4/c3*1-2-6(9)10-4-5(8)3-7/h3*2,5,7-8H,1,3-4H2. The predicted octanol–water partition coefficient (Wildman–Crippen LogP) is -2.79. The highest BCUT2D eigenvalue weighted by molar-refractivity contribution is 5.81. The Labute approximate surface area is 173 Å². The van der Waals surface area contributed by atoms with Crippen LogP contribution in [-0.2, 0) is 28.6 Å². The minimum atomic E-state index is -0.996. The number of carbonyl (C=O) groups excluding carboxylic acids is 3. The zero-order valence-corrected chi connectivity index (χ0v) is 16.5. The molecule has 0 radical (unpaired) electrons. The van der Waals surface area contributed by atoms with Gasteiger partial charge in [0.25, 0.3) is 0 Å². The zero-order chi connectivity index (χ0) is 23.9. The molecule has 0 aliphatic rings. The first-order chi connectivity index (χ1) is 14.1. The van der Waals surface area contributed by atoms with Crippen molar-refractivity contribution in [2.75, 3.05) is 39.6 Å². The minimum Gasteiger partial charge on any atom is -0.460 e. The topological polar surface area (TPSA) is 200 Å². The summed E-state index contributed by atoms with van der Waals surface area (Å²) in [5, 5.41) is 50.7. The fourth-order valence-corrected chi connectivity index (χ4v) is 0.870. The Morgan fingerprint density at radius 3 is 0.933 bits per heavy atom. The van der Waals surface area contributed by atoms with Crippen LogP contribution < -0.4 is 0 Å². The minimum absolute atomic E-state index is 0.193. The largest absolute Gasteiger partial charge is 0.460 e. The van der Waals surface area contributed by atoms with Crippen LogP contribution in [0, 0.1) is 0 Å². The lowest BCUT2D eigenvalue weighted by molar-refractivity contribution is -0.142. The van der Waals surface area contributed by atoms with Crippen molar-refractivity contribution in [2.45, 2.75) is 18.3 Å². The quantitative estimate of drug-likeness (QED) is 0.104. The Bertz CT molecular complexity index is 434. The molecule has 0 bridgehead atoms. The summed E-state index contributed by atoms with van der Waals surface area (Å²) in [5.74, 6) is -1.81. The molecular formula is C18H30O12. The Morgan fingerprint density at radius 1 is 0.600 bits per heavy atom. The van der Waals surface area contributed by atoms with E-state index < -0.39 is 56.0 Å². The van der Waals surface area contributed by atoms with Crippen molar-refractivity contribution in [3.8, 4) is 0 Å². The van der Waals surface area contributed by atoms with Gasteiger partial charge in [-0.25, -0.2) is 14.4 Å². The summed E-state index contributed by atoms with van der Waals surface area (Å²) < 4.78 is 13.1. The van der Waals surface area contributed by atoms with E-state index in [1.165, 1.54) is 0 Å². The van der Waals surface area contributed by atoms with E-state index in [2.05, 4.69) is 33.9 Å². The number of hydrogen-bond donors (Lipinski definition) is 6. The smallest absolute Gasteiger partial charge is 0.330 e. The lowest BCUT2D eigenvalue weighted by Gasteiger charge is -2.05. The molecule has 0 amide bonds. The van der Waals surface area contributed by atoms with Gasteiger partial charge in [0, 0.05) is 18.2 Å². The highest BCUT2D eigenvalue weighted by Crippen LogP contribution is 1.86. The molecule has 0 saturated heterocycles. The number of carbonyl (C=O) groups is 3. The van der Waals surface area contributed by atoms with Crippen LogP contribution in [-0.4, -0.2) is 107 Å². The molecule has 12 nitrogen and oxygen atoms in total. The Morgan fingerprint density at radius 2 is 0.800 bits per heavy atom. The van der Waals surface area contributed by atoms with Crippen LogP contribution in [0.2, 0.25) is 0 Å². The Kier molecular flexibility index (Phi) is 24.2. The third kappa shape index (κ3) is 25.4. The average Bonchev–Trinajstić information content (AvgIpc) is 2.78. The summed E-state index contributed by atoms with van der Waals surface area (Å²) in [4.78, 5) is 30.9. The van der Waals surface area contributed by atoms with Crippen LogP contribution in [0.15, 0.2) is 38.0 Å². The Hall–Kier alpha value is -2.61. The molecule has 0 saturated carbocycles. The predicted molar refractivity (Wildman–Crippen MR) is 103 cm³/mol. The van der Waals surface area contributed by atoms with Crippen molar-refractivity contribution in [3.63, 3.8) is 0 Å². The molecule has 0 aliphatic carbocycles. The van der Waals surface area contributed by atoms with Crippen LogP contribution in [0.5, 0.6) is 0 Å². The molecule has 0 heterocycles. The van der Waals surface area contributed by atoms with Gasteiger partial charge < -0.3 is 44.8 Å². The van der Waals surface area contributed by atoms with E-state index in [0.29, 0.717) is 0 Å². The van der Waals surface area contributed by atoms with Gasteiger partial charge in [0.15, 0.2) is 0 Å². The highest BCUT2D eigenvalue weighted by atomic mass is 16.6. The molecule has 3 unspecified atom stereocenters. The number of ether oxygens (including phenoxy) is 3. The maximum atomic E-state index is 10.3. The third-order valence-corrected chi connectivity index (χ3v) is 2.39. The SMILES string of the molecule is C=CC(=O)OCC(O)CO.C=CC(=O)OCC(O)CO.C=CC(=O)OCC(O)CO. The third-order valence-electron chi connectivity index (χ3n) is 2.39. The van der Waals surface area contributed by atoms with Gasteiger partial charge >= 0.3 is 17.9 Å². The van der Waals surface area contributed by atoms with E-state index in [-0.39, 0.29) is 19.8 Å². The maximum absolute atomic E-state index is 10.3. The van der Waals surface area contributed by atoms with E-state index in [1.807, 2.05) is 0 Å². The lowest BCUT2D eigenvalue weighted by atomic mass is 10.4. The highest BCUT2D eigenvalue weighted by Gasteiger charge is 2.04. The number of rotatable bonds is 12. The Balaban J connectivity index is -0.000000364. The molecule has 0 rings (SSSR count). The first-order valence-electron chi connectivity index (χ1n) is 8.35. The fraction of sp³-hybridized carbons (Fsp3) is 0.500. The summed E-state index contributed by atoms with van der Waals surface area (Å²) in [6.07, 6.45) is -0.0186. The average molecular weight is 438 g/mol. The second-order valence-corrected chi connectivity index (χ2v) is 5.01. The van der Waals surface area contributed by atoms with Crippen molar-refractivity contribution < 1.29 is 59.2 Å². The molecule has 6 N–H and O–H groups in total. The van der Waals surface area contributed by atoms with E-state index >= 15 is 0 Å². The van der Waals surface area contributed by atoms with Crippen LogP contribution in [0.1, 0.15) is 0 Å². The molecule has 0 aromatic heterocycles. The van der Waals surface area contributed by atoms with Crippen LogP contribution in [0.25, 0.3) is 0 Å². The number of aliphatic hydroxyl groups is 6. The van der Waals surface area contributed by atoms with Crippen LogP contribution in [0.4, 0.5) is 0 Å². The summed E-state index contributed by atoms with van der Waals surface area (Å²) in [7, 11) is 0. The molecular weight excluding hydrogens is 408 g/mol. The maximum Gasteiger partial charge on any atom is 0.330 e. The van der Waals surface area contributed by atoms with Gasteiger partial charge in [0.2, 0.25) is 0 Å². The van der Waals surface area contributed by atoms with Crippen molar-refractivity contribution >= 4 is 17.9 Å². The second-order valence-electron chi connectivity index (χ2n) is 5.01. The number of hydrogen-bond acceptors (Lipinski definition) is 12. The van der Waals surface area contributed by atoms with Gasteiger partial charge in [-0.05, 0) is 0 Å². The molecule has 0 aromatic carbocycles. The first kappa shape index (κ1) is 32.1. The molecule has 0 aliphatic heterocycles. The summed E-state index contributed by atoms with van der Waals surface area (Å²) in [6, 6.07) is 0. The molecule has 12 heteroatoms. The number of aliphatic hydroxyl groups excluding tert-OH is 6. The summed E-state index contributed by atoms with van der Waals surface area (Å²) in [6.45, 7) is 7.62. The van der Waals surface area contributed by atoms with Gasteiger partial charge in [0.1, 0.15) is 38.1 Å². The van der Waals surface area contributed by atoms with Gasteiger partial charge in [-0.1, -0.05) is 19.7 Å². The van der Waals surface area contributed by atoms with E-state index in [1.54, 1.807) is 0 Å². The second kappa shape index (κ2) is 22.7. The molecule has 0 fully saturated rings. The van der Waals surface area contributed by atoms with Crippen LogP contribution >= 0.6 is 0 Å². The molecule has 174 valence electrons. The first-order valence-corrected chi connectivity index (χ1v) is 8.35. The normalized spacial score (nSPS) is 12.2. The van der Waals surface area contributed by atoms with Crippen molar-refractivity contribution in [2.24, 2.45) is 0 Å². The monoisotopic (exact) mass is 438 g/mol. The van der Waals surface area contributed by atoms with Gasteiger partial charge in [0.05, 0.1) is 19.8 Å². The van der Waals surface area contributed by atoms with Crippen molar-refractivity contribution in [1.29, 1.82) is 0 Å².